The highest BCUT2D eigenvalue weighted by molar-refractivity contribution is 6.05. The van der Waals surface area contributed by atoms with Gasteiger partial charge in [-0.25, -0.2) is 0 Å². The van der Waals surface area contributed by atoms with Crippen molar-refractivity contribution in [3.63, 3.8) is 0 Å². The Kier molecular flexibility index (Phi) is 7.73. The topological polar surface area (TPSA) is 125 Å². The Morgan fingerprint density at radius 2 is 1.62 bits per heavy atom. The summed E-state index contributed by atoms with van der Waals surface area (Å²) >= 11 is 0. The minimum Gasteiger partial charge on any atom is -0.497 e. The highest BCUT2D eigenvalue weighted by atomic mass is 16.5. The summed E-state index contributed by atoms with van der Waals surface area (Å²) in [4.78, 5) is 38.8. The molecule has 0 fully saturated rings. The molecule has 0 spiro atoms. The highest BCUT2D eigenvalue weighted by Crippen LogP contribution is 2.21. The number of benzene rings is 3. The predicted molar refractivity (Wildman–Crippen MR) is 144 cm³/mol. The summed E-state index contributed by atoms with van der Waals surface area (Å²) in [5, 5.41) is 5.92. The van der Waals surface area contributed by atoms with E-state index in [0.717, 1.165) is 0 Å². The minimum atomic E-state index is -0.536. The molecule has 1 heterocycles. The van der Waals surface area contributed by atoms with Crippen LogP contribution in [0.1, 0.15) is 23.2 Å². The first-order valence-corrected chi connectivity index (χ1v) is 11.7. The fraction of sp³-hybridized carbons (Fsp3) is 0.179. The summed E-state index contributed by atoms with van der Waals surface area (Å²) < 4.78 is 12.2. The van der Waals surface area contributed by atoms with E-state index in [1.807, 2.05) is 4.57 Å². The first-order valence-electron chi connectivity index (χ1n) is 11.7. The summed E-state index contributed by atoms with van der Waals surface area (Å²) in [7, 11) is 3.07. The molecule has 3 aromatic carbocycles. The summed E-state index contributed by atoms with van der Waals surface area (Å²) in [6.45, 7) is 0.406. The smallest absolute Gasteiger partial charge is 0.261 e. The first kappa shape index (κ1) is 25.3. The second-order valence-electron chi connectivity index (χ2n) is 8.37. The van der Waals surface area contributed by atoms with Crippen molar-refractivity contribution in [1.82, 2.24) is 4.57 Å². The lowest BCUT2D eigenvalue weighted by Crippen LogP contribution is -2.24. The predicted octanol–water partition coefficient (Wildman–Crippen LogP) is 4.27. The van der Waals surface area contributed by atoms with Gasteiger partial charge in [0.15, 0.2) is 0 Å². The molecule has 4 aromatic rings. The van der Waals surface area contributed by atoms with Crippen LogP contribution in [0, 0.1) is 0 Å². The highest BCUT2D eigenvalue weighted by Gasteiger charge is 2.17. The van der Waals surface area contributed by atoms with Crippen LogP contribution in [0.2, 0.25) is 0 Å². The molecule has 0 saturated heterocycles. The quantitative estimate of drug-likeness (QED) is 0.295. The Morgan fingerprint density at radius 1 is 0.919 bits per heavy atom. The van der Waals surface area contributed by atoms with E-state index in [4.69, 9.17) is 15.2 Å². The molecule has 9 nitrogen and oxygen atoms in total. The van der Waals surface area contributed by atoms with Crippen LogP contribution in [0.25, 0.3) is 10.9 Å². The number of amides is 2. The van der Waals surface area contributed by atoms with Gasteiger partial charge in [-0.2, -0.15) is 0 Å². The molecule has 9 heteroatoms. The van der Waals surface area contributed by atoms with Crippen molar-refractivity contribution in [2.24, 2.45) is 0 Å². The van der Waals surface area contributed by atoms with E-state index in [-0.39, 0.29) is 17.9 Å². The lowest BCUT2D eigenvalue weighted by atomic mass is 10.1. The van der Waals surface area contributed by atoms with Crippen LogP contribution in [0.15, 0.2) is 77.7 Å². The third kappa shape index (κ3) is 5.90. The number of nitrogen functional groups attached to an aromatic ring is 1. The maximum absolute atomic E-state index is 13.3. The van der Waals surface area contributed by atoms with Gasteiger partial charge in [-0.1, -0.05) is 12.1 Å². The van der Waals surface area contributed by atoms with Crippen molar-refractivity contribution < 1.29 is 19.1 Å². The maximum Gasteiger partial charge on any atom is 0.261 e. The first-order chi connectivity index (χ1) is 17.9. The molecule has 0 aliphatic carbocycles. The number of para-hydroxylation sites is 2. The zero-order valence-corrected chi connectivity index (χ0v) is 20.6. The van der Waals surface area contributed by atoms with Crippen molar-refractivity contribution >= 4 is 39.8 Å². The van der Waals surface area contributed by atoms with Crippen LogP contribution >= 0.6 is 0 Å². The molecular weight excluding hydrogens is 472 g/mol. The maximum atomic E-state index is 13.3. The van der Waals surface area contributed by atoms with E-state index in [2.05, 4.69) is 10.6 Å². The number of hydrogen-bond acceptors (Lipinski definition) is 6. The molecule has 37 heavy (non-hydrogen) atoms. The molecule has 2 amide bonds. The fourth-order valence-corrected chi connectivity index (χ4v) is 3.96. The van der Waals surface area contributed by atoms with E-state index >= 15 is 0 Å². The van der Waals surface area contributed by atoms with Gasteiger partial charge in [-0.05, 0) is 61.0 Å². The number of fused-ring (bicyclic) bond motifs is 1. The molecule has 0 aliphatic rings. The largest absolute Gasteiger partial charge is 0.497 e. The fourth-order valence-electron chi connectivity index (χ4n) is 3.96. The Labute approximate surface area is 213 Å². The van der Waals surface area contributed by atoms with Gasteiger partial charge in [0.2, 0.25) is 11.3 Å². The zero-order chi connectivity index (χ0) is 26.4. The Hall–Kier alpha value is -4.79. The average molecular weight is 501 g/mol. The van der Waals surface area contributed by atoms with Crippen LogP contribution in [0.4, 0.5) is 17.1 Å². The van der Waals surface area contributed by atoms with Crippen molar-refractivity contribution in [3.8, 4) is 11.5 Å². The molecule has 0 atom stereocenters. The van der Waals surface area contributed by atoms with Crippen LogP contribution < -0.4 is 31.3 Å². The third-order valence-corrected chi connectivity index (χ3v) is 5.92. The van der Waals surface area contributed by atoms with Crippen molar-refractivity contribution in [2.45, 2.75) is 19.4 Å². The summed E-state index contributed by atoms with van der Waals surface area (Å²) in [5.74, 6) is 0.439. The van der Waals surface area contributed by atoms with Crippen molar-refractivity contribution in [3.05, 3.63) is 88.7 Å². The molecular formula is C28H28N4O5. The number of rotatable bonds is 9. The SMILES string of the molecule is COc1ccc(NC(=O)c2cn(CCCC(=O)Nc3ccccc3N)c3ccc(OC)cc3c2=O)cc1. The van der Waals surface area contributed by atoms with Gasteiger partial charge >= 0.3 is 0 Å². The molecule has 0 bridgehead atoms. The number of aromatic nitrogens is 1. The normalized spacial score (nSPS) is 10.6. The summed E-state index contributed by atoms with van der Waals surface area (Å²) in [6, 6.07) is 19.0. The number of anilines is 3. The second kappa shape index (κ2) is 11.3. The van der Waals surface area contributed by atoms with Gasteiger partial charge in [0, 0.05) is 24.8 Å². The molecule has 0 aliphatic heterocycles. The van der Waals surface area contributed by atoms with Crippen LogP contribution in [0.3, 0.4) is 0 Å². The lowest BCUT2D eigenvalue weighted by molar-refractivity contribution is -0.116. The molecule has 190 valence electrons. The van der Waals surface area contributed by atoms with Crippen LogP contribution in [-0.2, 0) is 11.3 Å². The van der Waals surface area contributed by atoms with E-state index in [9.17, 15) is 14.4 Å². The number of aryl methyl sites for hydroxylation is 1. The number of carbonyl (C=O) groups is 2. The van der Waals surface area contributed by atoms with Gasteiger partial charge in [0.25, 0.3) is 5.91 Å². The Bertz CT molecular complexity index is 1500. The number of pyridine rings is 1. The second-order valence-corrected chi connectivity index (χ2v) is 8.37. The summed E-state index contributed by atoms with van der Waals surface area (Å²) in [5.41, 5.74) is 7.69. The Balaban J connectivity index is 1.57. The van der Waals surface area contributed by atoms with Gasteiger partial charge in [0.05, 0.1) is 36.5 Å². The number of carbonyl (C=O) groups excluding carboxylic acids is 2. The molecule has 0 radical (unpaired) electrons. The number of nitrogens with zero attached hydrogens (tertiary/aromatic N) is 1. The zero-order valence-electron chi connectivity index (χ0n) is 20.6. The Morgan fingerprint density at radius 3 is 2.32 bits per heavy atom. The monoisotopic (exact) mass is 500 g/mol. The molecule has 4 rings (SSSR count). The lowest BCUT2D eigenvalue weighted by Gasteiger charge is -2.15. The molecule has 0 unspecified atom stereocenters. The number of hydrogen-bond donors (Lipinski definition) is 3. The molecule has 4 N–H and O–H groups in total. The molecule has 1 aromatic heterocycles. The van der Waals surface area contributed by atoms with Crippen molar-refractivity contribution in [2.75, 3.05) is 30.6 Å². The van der Waals surface area contributed by atoms with Gasteiger partial charge in [-0.15, -0.1) is 0 Å². The molecule has 0 saturated carbocycles. The van der Waals surface area contributed by atoms with Gasteiger partial charge < -0.3 is 30.4 Å². The van der Waals surface area contributed by atoms with E-state index in [1.54, 1.807) is 73.8 Å². The van der Waals surface area contributed by atoms with E-state index in [0.29, 0.717) is 52.4 Å². The summed E-state index contributed by atoms with van der Waals surface area (Å²) in [6.07, 6.45) is 2.23. The number of nitrogens with two attached hydrogens (primary N) is 1. The standard InChI is InChI=1S/C28H28N4O5/c1-36-19-11-9-18(10-12-19)30-28(35)22-17-32(25-14-13-20(37-2)16-21(25)27(22)34)15-5-8-26(33)31-24-7-4-3-6-23(24)29/h3-4,6-7,9-14,16-17H,5,8,15,29H2,1-2H3,(H,30,35)(H,31,33). The van der Waals surface area contributed by atoms with Crippen LogP contribution in [0.5, 0.6) is 11.5 Å². The van der Waals surface area contributed by atoms with E-state index in [1.165, 1.54) is 13.3 Å². The van der Waals surface area contributed by atoms with Crippen LogP contribution in [-0.4, -0.2) is 30.6 Å². The number of methoxy groups -OCH3 is 2. The average Bonchev–Trinajstić information content (AvgIpc) is 2.91. The van der Waals surface area contributed by atoms with Gasteiger partial charge in [-0.3, -0.25) is 14.4 Å². The minimum absolute atomic E-state index is 0.0157. The van der Waals surface area contributed by atoms with Crippen molar-refractivity contribution in [1.29, 1.82) is 0 Å². The number of ether oxygens (including phenoxy) is 2. The van der Waals surface area contributed by atoms with E-state index < -0.39 is 11.3 Å². The number of nitrogens with one attached hydrogen (secondary N) is 2. The van der Waals surface area contributed by atoms with Gasteiger partial charge in [0.1, 0.15) is 17.1 Å². The third-order valence-electron chi connectivity index (χ3n) is 5.92.